The van der Waals surface area contributed by atoms with Crippen LogP contribution in [-0.4, -0.2) is 20.9 Å². The van der Waals surface area contributed by atoms with Crippen molar-refractivity contribution in [3.05, 3.63) is 41.6 Å². The van der Waals surface area contributed by atoms with Crippen LogP contribution in [0.2, 0.25) is 0 Å². The third-order valence-corrected chi connectivity index (χ3v) is 3.09. The Kier molecular flexibility index (Phi) is 4.00. The molecule has 0 fully saturated rings. The van der Waals surface area contributed by atoms with Gasteiger partial charge < -0.3 is 5.11 Å². The summed E-state index contributed by atoms with van der Waals surface area (Å²) in [5.41, 5.74) is 3.24. The quantitative estimate of drug-likeness (QED) is 0.895. The van der Waals surface area contributed by atoms with E-state index in [1.807, 2.05) is 19.1 Å². The lowest BCUT2D eigenvalue weighted by Gasteiger charge is -2.05. The molecule has 1 aromatic heterocycles. The van der Waals surface area contributed by atoms with E-state index in [1.54, 1.807) is 10.7 Å². The molecule has 0 saturated carbocycles. The van der Waals surface area contributed by atoms with E-state index >= 15 is 0 Å². The molecule has 1 heterocycles. The largest absolute Gasteiger partial charge is 0.476 e. The number of carboxylic acid groups (broad SMARTS) is 1. The molecule has 100 valence electrons. The Balaban J connectivity index is 2.37. The standard InChI is InChI=1S/C15H18N2O2/c1-3-5-11-6-8-12(9-7-11)14-10-13(15(18)19)16-17(14)4-2/h6-10H,3-5H2,1-2H3,(H,18,19). The van der Waals surface area contributed by atoms with Crippen LogP contribution in [0.25, 0.3) is 11.3 Å². The van der Waals surface area contributed by atoms with Crippen LogP contribution in [-0.2, 0) is 13.0 Å². The van der Waals surface area contributed by atoms with E-state index in [4.69, 9.17) is 5.11 Å². The van der Waals surface area contributed by atoms with Crippen molar-refractivity contribution >= 4 is 5.97 Å². The molecule has 0 aliphatic rings. The van der Waals surface area contributed by atoms with Crippen molar-refractivity contribution in [2.75, 3.05) is 0 Å². The number of carboxylic acids is 1. The predicted octanol–water partition coefficient (Wildman–Crippen LogP) is 3.22. The summed E-state index contributed by atoms with van der Waals surface area (Å²) in [6, 6.07) is 9.86. The average Bonchev–Trinajstić information content (AvgIpc) is 2.84. The highest BCUT2D eigenvalue weighted by Gasteiger charge is 2.13. The predicted molar refractivity (Wildman–Crippen MR) is 74.3 cm³/mol. The van der Waals surface area contributed by atoms with Crippen LogP contribution < -0.4 is 0 Å². The van der Waals surface area contributed by atoms with Crippen molar-refractivity contribution in [1.82, 2.24) is 9.78 Å². The van der Waals surface area contributed by atoms with Gasteiger partial charge in [-0.15, -0.1) is 0 Å². The Morgan fingerprint density at radius 1 is 1.26 bits per heavy atom. The van der Waals surface area contributed by atoms with Gasteiger partial charge in [-0.1, -0.05) is 37.6 Å². The highest BCUT2D eigenvalue weighted by Crippen LogP contribution is 2.21. The van der Waals surface area contributed by atoms with Gasteiger partial charge in [-0.25, -0.2) is 4.79 Å². The topological polar surface area (TPSA) is 55.1 Å². The van der Waals surface area contributed by atoms with Crippen LogP contribution in [0, 0.1) is 0 Å². The number of hydrogen-bond donors (Lipinski definition) is 1. The highest BCUT2D eigenvalue weighted by atomic mass is 16.4. The monoisotopic (exact) mass is 258 g/mol. The van der Waals surface area contributed by atoms with Crippen molar-refractivity contribution in [2.45, 2.75) is 33.2 Å². The fourth-order valence-electron chi connectivity index (χ4n) is 2.13. The Hall–Kier alpha value is -2.10. The maximum atomic E-state index is 11.0. The number of nitrogens with zero attached hydrogens (tertiary/aromatic N) is 2. The smallest absolute Gasteiger partial charge is 0.356 e. The van der Waals surface area contributed by atoms with Crippen molar-refractivity contribution in [2.24, 2.45) is 0 Å². The van der Waals surface area contributed by atoms with E-state index in [-0.39, 0.29) is 5.69 Å². The lowest BCUT2D eigenvalue weighted by molar-refractivity contribution is 0.0689. The van der Waals surface area contributed by atoms with Gasteiger partial charge in [0.1, 0.15) is 0 Å². The van der Waals surface area contributed by atoms with Gasteiger partial charge in [-0.3, -0.25) is 4.68 Å². The minimum absolute atomic E-state index is 0.0921. The van der Waals surface area contributed by atoms with Gasteiger partial charge in [-0.2, -0.15) is 5.10 Å². The first kappa shape index (κ1) is 13.3. The second kappa shape index (κ2) is 5.69. The normalized spacial score (nSPS) is 10.6. The molecule has 2 aromatic rings. The van der Waals surface area contributed by atoms with Crippen LogP contribution in [0.15, 0.2) is 30.3 Å². The van der Waals surface area contributed by atoms with Gasteiger partial charge in [0, 0.05) is 6.54 Å². The summed E-state index contributed by atoms with van der Waals surface area (Å²) in [7, 11) is 0. The zero-order chi connectivity index (χ0) is 13.8. The van der Waals surface area contributed by atoms with Crippen molar-refractivity contribution in [3.63, 3.8) is 0 Å². The fraction of sp³-hybridized carbons (Fsp3) is 0.333. The van der Waals surface area contributed by atoms with Gasteiger partial charge in [-0.05, 0) is 30.5 Å². The van der Waals surface area contributed by atoms with Gasteiger partial charge in [0.25, 0.3) is 0 Å². The summed E-state index contributed by atoms with van der Waals surface area (Å²) in [5.74, 6) is -0.990. The maximum absolute atomic E-state index is 11.0. The molecule has 19 heavy (non-hydrogen) atoms. The van der Waals surface area contributed by atoms with E-state index in [0.717, 1.165) is 24.1 Å². The zero-order valence-electron chi connectivity index (χ0n) is 11.3. The molecule has 0 radical (unpaired) electrons. The lowest BCUT2D eigenvalue weighted by atomic mass is 10.1. The van der Waals surface area contributed by atoms with E-state index in [2.05, 4.69) is 24.2 Å². The molecule has 0 saturated heterocycles. The number of aromatic carboxylic acids is 1. The SMILES string of the molecule is CCCc1ccc(-c2cc(C(=O)O)nn2CC)cc1. The molecule has 0 aliphatic carbocycles. The minimum Gasteiger partial charge on any atom is -0.476 e. The second-order valence-corrected chi connectivity index (χ2v) is 4.48. The zero-order valence-corrected chi connectivity index (χ0v) is 11.3. The van der Waals surface area contributed by atoms with Gasteiger partial charge in [0.2, 0.25) is 0 Å². The molecular weight excluding hydrogens is 240 g/mol. The van der Waals surface area contributed by atoms with Gasteiger partial charge in [0.15, 0.2) is 5.69 Å². The van der Waals surface area contributed by atoms with Crippen LogP contribution in [0.4, 0.5) is 0 Å². The summed E-state index contributed by atoms with van der Waals surface area (Å²) in [5, 5.41) is 13.1. The number of aryl methyl sites for hydroxylation is 2. The molecular formula is C15H18N2O2. The van der Waals surface area contributed by atoms with Gasteiger partial charge in [0.05, 0.1) is 5.69 Å². The number of rotatable bonds is 5. The lowest BCUT2D eigenvalue weighted by Crippen LogP contribution is -2.02. The molecule has 4 heteroatoms. The van der Waals surface area contributed by atoms with Crippen molar-refractivity contribution in [3.8, 4) is 11.3 Å². The Morgan fingerprint density at radius 3 is 2.47 bits per heavy atom. The van der Waals surface area contributed by atoms with Crippen molar-refractivity contribution in [1.29, 1.82) is 0 Å². The van der Waals surface area contributed by atoms with Crippen molar-refractivity contribution < 1.29 is 9.90 Å². The third-order valence-electron chi connectivity index (χ3n) is 3.09. The fourth-order valence-corrected chi connectivity index (χ4v) is 2.13. The molecule has 0 bridgehead atoms. The summed E-state index contributed by atoms with van der Waals surface area (Å²) < 4.78 is 1.72. The molecule has 2 rings (SSSR count). The highest BCUT2D eigenvalue weighted by molar-refractivity contribution is 5.87. The first-order valence-electron chi connectivity index (χ1n) is 6.56. The van der Waals surface area contributed by atoms with Crippen LogP contribution >= 0.6 is 0 Å². The van der Waals surface area contributed by atoms with Crippen LogP contribution in [0.1, 0.15) is 36.3 Å². The first-order valence-corrected chi connectivity index (χ1v) is 6.56. The molecule has 1 aromatic carbocycles. The Labute approximate surface area is 112 Å². The summed E-state index contributed by atoms with van der Waals surface area (Å²) >= 11 is 0. The number of benzene rings is 1. The molecule has 0 aliphatic heterocycles. The van der Waals surface area contributed by atoms with E-state index in [0.29, 0.717) is 6.54 Å². The third kappa shape index (κ3) is 2.84. The number of aromatic nitrogens is 2. The Bertz CT molecular complexity index is 570. The van der Waals surface area contributed by atoms with Crippen LogP contribution in [0.3, 0.4) is 0 Å². The minimum atomic E-state index is -0.990. The molecule has 4 nitrogen and oxygen atoms in total. The summed E-state index contributed by atoms with van der Waals surface area (Å²) in [6.07, 6.45) is 2.18. The first-order chi connectivity index (χ1) is 9.15. The molecule has 0 unspecified atom stereocenters. The number of hydrogen-bond acceptors (Lipinski definition) is 2. The molecule has 0 atom stereocenters. The second-order valence-electron chi connectivity index (χ2n) is 4.48. The summed E-state index contributed by atoms with van der Waals surface area (Å²) in [4.78, 5) is 11.0. The molecule has 0 amide bonds. The summed E-state index contributed by atoms with van der Waals surface area (Å²) in [6.45, 7) is 4.76. The van der Waals surface area contributed by atoms with Crippen LogP contribution in [0.5, 0.6) is 0 Å². The Morgan fingerprint density at radius 2 is 1.95 bits per heavy atom. The maximum Gasteiger partial charge on any atom is 0.356 e. The average molecular weight is 258 g/mol. The van der Waals surface area contributed by atoms with Gasteiger partial charge >= 0.3 is 5.97 Å². The number of carbonyl (C=O) groups is 1. The van der Waals surface area contributed by atoms with E-state index < -0.39 is 5.97 Å². The molecule has 0 spiro atoms. The molecule has 1 N–H and O–H groups in total. The van der Waals surface area contributed by atoms with E-state index in [1.165, 1.54) is 5.56 Å². The van der Waals surface area contributed by atoms with E-state index in [9.17, 15) is 4.79 Å².